The van der Waals surface area contributed by atoms with Crippen LogP contribution in [0.3, 0.4) is 0 Å². The van der Waals surface area contributed by atoms with Crippen LogP contribution in [0.15, 0.2) is 36.7 Å². The summed E-state index contributed by atoms with van der Waals surface area (Å²) in [4.78, 5) is 16.2. The lowest BCUT2D eigenvalue weighted by molar-refractivity contribution is 0.00313. The highest BCUT2D eigenvalue weighted by Crippen LogP contribution is 2.18. The predicted molar refractivity (Wildman–Crippen MR) is 71.8 cm³/mol. The number of rotatable bonds is 3. The summed E-state index contributed by atoms with van der Waals surface area (Å²) in [5.74, 6) is 0.00160. The Morgan fingerprint density at radius 3 is 2.78 bits per heavy atom. The molecule has 0 aliphatic heterocycles. The van der Waals surface area contributed by atoms with Crippen LogP contribution >= 0.6 is 0 Å². The minimum Gasteiger partial charge on any atom is -0.368 e. The van der Waals surface area contributed by atoms with Crippen LogP contribution in [0.25, 0.3) is 10.8 Å². The normalized spacial score (nSPS) is 11.7. The molecule has 2 aromatic rings. The van der Waals surface area contributed by atoms with Crippen LogP contribution in [-0.2, 0) is 4.74 Å². The van der Waals surface area contributed by atoms with Gasteiger partial charge in [-0.15, -0.1) is 0 Å². The summed E-state index contributed by atoms with van der Waals surface area (Å²) in [6.07, 6.45) is 3.46. The maximum atomic E-state index is 12.2. The third-order valence-corrected chi connectivity index (χ3v) is 2.62. The van der Waals surface area contributed by atoms with Crippen LogP contribution in [0, 0.1) is 0 Å². The van der Waals surface area contributed by atoms with Crippen molar-refractivity contribution >= 4 is 16.6 Å². The lowest BCUT2D eigenvalue weighted by atomic mass is 10.0. The first-order valence-corrected chi connectivity index (χ1v) is 5.97. The Hall–Kier alpha value is -1.74. The van der Waals surface area contributed by atoms with Crippen LogP contribution in [0.1, 0.15) is 31.1 Å². The molecule has 0 amide bonds. The molecule has 0 radical (unpaired) electrons. The van der Waals surface area contributed by atoms with Crippen molar-refractivity contribution in [3.63, 3.8) is 0 Å². The van der Waals surface area contributed by atoms with Crippen LogP contribution in [0.2, 0.25) is 0 Å². The van der Waals surface area contributed by atoms with Crippen molar-refractivity contribution in [2.75, 3.05) is 6.61 Å². The van der Waals surface area contributed by atoms with Crippen LogP contribution in [0.4, 0.5) is 0 Å². The van der Waals surface area contributed by atoms with E-state index < -0.39 is 0 Å². The fourth-order valence-corrected chi connectivity index (χ4v) is 1.73. The monoisotopic (exact) mass is 243 g/mol. The number of Topliss-reactive ketones (excluding diaryl/α,β-unsaturated/α-hetero) is 1. The van der Waals surface area contributed by atoms with Crippen molar-refractivity contribution in [2.24, 2.45) is 0 Å². The number of nitrogens with zero attached hydrogens (tertiary/aromatic N) is 1. The fourth-order valence-electron chi connectivity index (χ4n) is 1.73. The van der Waals surface area contributed by atoms with E-state index in [1.807, 2.05) is 45.0 Å². The Bertz CT molecular complexity index is 565. The highest BCUT2D eigenvalue weighted by Gasteiger charge is 2.15. The molecule has 0 spiro atoms. The van der Waals surface area contributed by atoms with Gasteiger partial charge in [-0.1, -0.05) is 18.2 Å². The molecule has 0 fully saturated rings. The zero-order valence-corrected chi connectivity index (χ0v) is 10.9. The average Bonchev–Trinajstić information content (AvgIpc) is 2.34. The topological polar surface area (TPSA) is 39.2 Å². The van der Waals surface area contributed by atoms with Gasteiger partial charge in [0, 0.05) is 23.3 Å². The summed E-state index contributed by atoms with van der Waals surface area (Å²) in [6.45, 7) is 5.92. The molecule has 1 heterocycles. The average molecular weight is 243 g/mol. The van der Waals surface area contributed by atoms with Crippen molar-refractivity contribution in [1.29, 1.82) is 0 Å². The van der Waals surface area contributed by atoms with Crippen molar-refractivity contribution in [1.82, 2.24) is 4.98 Å². The number of ether oxygens (including phenoxy) is 1. The lowest BCUT2D eigenvalue weighted by Gasteiger charge is -2.19. The Morgan fingerprint density at radius 1 is 1.28 bits per heavy atom. The number of hydrogen-bond acceptors (Lipinski definition) is 3. The molecule has 1 aromatic carbocycles. The van der Waals surface area contributed by atoms with Crippen molar-refractivity contribution < 1.29 is 9.53 Å². The molecule has 18 heavy (non-hydrogen) atoms. The van der Waals surface area contributed by atoms with E-state index >= 15 is 0 Å². The SMILES string of the molecule is CC(C)(C)OCC(=O)c1cccc2cnccc12. The minimum absolute atomic E-state index is 0.00160. The number of hydrogen-bond donors (Lipinski definition) is 0. The number of carbonyl (C=O) groups excluding carboxylic acids is 1. The Labute approximate surface area is 107 Å². The van der Waals surface area contributed by atoms with Gasteiger partial charge in [0.25, 0.3) is 0 Å². The second-order valence-electron chi connectivity index (χ2n) is 5.23. The number of pyridine rings is 1. The molecule has 0 atom stereocenters. The largest absolute Gasteiger partial charge is 0.368 e. The van der Waals surface area contributed by atoms with E-state index in [1.54, 1.807) is 12.4 Å². The first kappa shape index (κ1) is 12.7. The number of aromatic nitrogens is 1. The summed E-state index contributed by atoms with van der Waals surface area (Å²) >= 11 is 0. The zero-order chi connectivity index (χ0) is 13.2. The van der Waals surface area contributed by atoms with Gasteiger partial charge in [0.05, 0.1) is 5.60 Å². The molecule has 0 saturated carbocycles. The first-order chi connectivity index (χ1) is 8.47. The summed E-state index contributed by atoms with van der Waals surface area (Å²) in [5.41, 5.74) is 0.390. The van der Waals surface area contributed by atoms with Gasteiger partial charge in [0.2, 0.25) is 0 Å². The van der Waals surface area contributed by atoms with E-state index in [0.717, 1.165) is 10.8 Å². The third kappa shape index (κ3) is 2.93. The van der Waals surface area contributed by atoms with E-state index in [9.17, 15) is 4.79 Å². The van der Waals surface area contributed by atoms with Gasteiger partial charge in [-0.2, -0.15) is 0 Å². The number of ketones is 1. The maximum Gasteiger partial charge on any atom is 0.189 e. The molecule has 2 rings (SSSR count). The van der Waals surface area contributed by atoms with Crippen LogP contribution in [0.5, 0.6) is 0 Å². The molecular weight excluding hydrogens is 226 g/mol. The summed E-state index contributed by atoms with van der Waals surface area (Å²) < 4.78 is 5.53. The maximum absolute atomic E-state index is 12.2. The molecule has 3 nitrogen and oxygen atoms in total. The van der Waals surface area contributed by atoms with E-state index in [0.29, 0.717) is 5.56 Å². The lowest BCUT2D eigenvalue weighted by Crippen LogP contribution is -2.23. The number of benzene rings is 1. The highest BCUT2D eigenvalue weighted by atomic mass is 16.5. The Kier molecular flexibility index (Phi) is 3.43. The molecule has 0 aliphatic rings. The third-order valence-electron chi connectivity index (χ3n) is 2.62. The molecule has 94 valence electrons. The fraction of sp³-hybridized carbons (Fsp3) is 0.333. The molecule has 1 aromatic heterocycles. The predicted octanol–water partition coefficient (Wildman–Crippen LogP) is 3.23. The van der Waals surface area contributed by atoms with Crippen molar-refractivity contribution in [3.8, 4) is 0 Å². The second-order valence-corrected chi connectivity index (χ2v) is 5.23. The van der Waals surface area contributed by atoms with Gasteiger partial charge in [-0.3, -0.25) is 9.78 Å². The quantitative estimate of drug-likeness (QED) is 0.777. The zero-order valence-electron chi connectivity index (χ0n) is 10.9. The molecule has 0 bridgehead atoms. The Morgan fingerprint density at radius 2 is 2.06 bits per heavy atom. The van der Waals surface area contributed by atoms with E-state index in [2.05, 4.69) is 4.98 Å². The van der Waals surface area contributed by atoms with E-state index in [-0.39, 0.29) is 18.0 Å². The summed E-state index contributed by atoms with van der Waals surface area (Å²) in [6, 6.07) is 7.51. The number of fused-ring (bicyclic) bond motifs is 1. The highest BCUT2D eigenvalue weighted by molar-refractivity contribution is 6.08. The second kappa shape index (κ2) is 4.86. The molecule has 3 heteroatoms. The van der Waals surface area contributed by atoms with Crippen molar-refractivity contribution in [3.05, 3.63) is 42.2 Å². The summed E-state index contributed by atoms with van der Waals surface area (Å²) in [7, 11) is 0. The summed E-state index contributed by atoms with van der Waals surface area (Å²) in [5, 5.41) is 1.90. The van der Waals surface area contributed by atoms with Crippen molar-refractivity contribution in [2.45, 2.75) is 26.4 Å². The van der Waals surface area contributed by atoms with Gasteiger partial charge in [-0.25, -0.2) is 0 Å². The molecule has 0 N–H and O–H groups in total. The van der Waals surface area contributed by atoms with Crippen LogP contribution in [-0.4, -0.2) is 23.0 Å². The first-order valence-electron chi connectivity index (χ1n) is 5.97. The van der Waals surface area contributed by atoms with Gasteiger partial charge >= 0.3 is 0 Å². The molecule has 0 unspecified atom stereocenters. The Balaban J connectivity index is 2.28. The van der Waals surface area contributed by atoms with Gasteiger partial charge in [0.1, 0.15) is 6.61 Å². The van der Waals surface area contributed by atoms with Gasteiger partial charge in [-0.05, 0) is 32.2 Å². The van der Waals surface area contributed by atoms with Crippen LogP contribution < -0.4 is 0 Å². The number of carbonyl (C=O) groups is 1. The molecule has 0 saturated heterocycles. The van der Waals surface area contributed by atoms with Gasteiger partial charge in [0.15, 0.2) is 5.78 Å². The molecular formula is C15H17NO2. The van der Waals surface area contributed by atoms with Gasteiger partial charge < -0.3 is 4.74 Å². The van der Waals surface area contributed by atoms with E-state index in [1.165, 1.54) is 0 Å². The minimum atomic E-state index is -0.304. The standard InChI is InChI=1S/C15H17NO2/c1-15(2,3)18-10-14(17)13-6-4-5-11-9-16-8-7-12(11)13/h4-9H,10H2,1-3H3. The van der Waals surface area contributed by atoms with E-state index in [4.69, 9.17) is 4.74 Å². The smallest absolute Gasteiger partial charge is 0.189 e. The molecule has 0 aliphatic carbocycles.